The predicted octanol–water partition coefficient (Wildman–Crippen LogP) is 4.11. The lowest BCUT2D eigenvalue weighted by Gasteiger charge is -2.35. The Hall–Kier alpha value is -3.35. The molecule has 35 heavy (non-hydrogen) atoms. The molecule has 0 saturated carbocycles. The second-order valence-electron chi connectivity index (χ2n) is 9.75. The zero-order valence-electron chi connectivity index (χ0n) is 20.4. The van der Waals surface area contributed by atoms with Crippen LogP contribution in [0, 0.1) is 5.92 Å². The third-order valence-electron chi connectivity index (χ3n) is 7.58. The molecule has 2 aromatic rings. The van der Waals surface area contributed by atoms with Crippen molar-refractivity contribution in [1.29, 1.82) is 0 Å². The van der Waals surface area contributed by atoms with Crippen LogP contribution in [0.5, 0.6) is 5.75 Å². The first kappa shape index (κ1) is 23.4. The van der Waals surface area contributed by atoms with E-state index in [1.807, 2.05) is 36.4 Å². The van der Waals surface area contributed by atoms with E-state index in [0.717, 1.165) is 55.8 Å². The zero-order chi connectivity index (χ0) is 24.4. The van der Waals surface area contributed by atoms with Crippen molar-refractivity contribution in [2.75, 3.05) is 38.2 Å². The van der Waals surface area contributed by atoms with Crippen molar-refractivity contribution in [2.45, 2.75) is 45.1 Å². The number of hydrogen-bond acceptors (Lipinski definition) is 5. The van der Waals surface area contributed by atoms with Crippen LogP contribution < -0.4 is 9.64 Å². The number of hydrogen-bond donors (Lipinski definition) is 0. The van der Waals surface area contributed by atoms with E-state index in [0.29, 0.717) is 30.1 Å². The van der Waals surface area contributed by atoms with E-state index in [1.54, 1.807) is 13.2 Å². The smallest absolute Gasteiger partial charge is 0.263 e. The van der Waals surface area contributed by atoms with Crippen molar-refractivity contribution < 1.29 is 19.1 Å². The van der Waals surface area contributed by atoms with Gasteiger partial charge in [-0.1, -0.05) is 31.0 Å². The molecule has 0 aliphatic carbocycles. The van der Waals surface area contributed by atoms with Gasteiger partial charge in [0, 0.05) is 32.1 Å². The van der Waals surface area contributed by atoms with Crippen molar-refractivity contribution >= 4 is 23.4 Å². The lowest BCUT2D eigenvalue weighted by molar-refractivity contribution is -0.136. The molecule has 2 aromatic carbocycles. The van der Waals surface area contributed by atoms with Crippen LogP contribution in [0.25, 0.3) is 0 Å². The van der Waals surface area contributed by atoms with E-state index in [2.05, 4.69) is 9.80 Å². The minimum absolute atomic E-state index is 0.0463. The molecule has 0 N–H and O–H groups in total. The van der Waals surface area contributed by atoms with Gasteiger partial charge in [0.15, 0.2) is 0 Å². The predicted molar refractivity (Wildman–Crippen MR) is 134 cm³/mol. The molecule has 7 heteroatoms. The Morgan fingerprint density at radius 3 is 2.23 bits per heavy atom. The minimum Gasteiger partial charge on any atom is -0.497 e. The van der Waals surface area contributed by atoms with Crippen molar-refractivity contribution in [3.05, 3.63) is 59.2 Å². The van der Waals surface area contributed by atoms with Crippen molar-refractivity contribution in [3.8, 4) is 5.75 Å². The molecular formula is C28H33N3O4. The SMILES string of the molecule is COc1ccc(CN2C(=O)c3cccc(N4CCC(C(=O)N5CCCCCC5)CC4)c3C2=O)cc1. The summed E-state index contributed by atoms with van der Waals surface area (Å²) < 4.78 is 5.20. The van der Waals surface area contributed by atoms with Gasteiger partial charge in [0.25, 0.3) is 11.8 Å². The normalized spacial score (nSPS) is 19.1. The standard InChI is InChI=1S/C28H33N3O4/c1-35-22-11-9-20(10-12-22)19-31-27(33)23-7-6-8-24(25(23)28(31)34)29-17-13-21(14-18-29)26(32)30-15-4-2-3-5-16-30/h6-12,21H,2-5,13-19H2,1H3. The number of imide groups is 1. The van der Waals surface area contributed by atoms with Gasteiger partial charge in [0.05, 0.1) is 30.5 Å². The molecular weight excluding hydrogens is 442 g/mol. The Balaban J connectivity index is 1.28. The highest BCUT2D eigenvalue weighted by atomic mass is 16.5. The average Bonchev–Trinajstić information content (AvgIpc) is 3.08. The summed E-state index contributed by atoms with van der Waals surface area (Å²) in [4.78, 5) is 45.2. The van der Waals surface area contributed by atoms with Crippen molar-refractivity contribution in [3.63, 3.8) is 0 Å². The summed E-state index contributed by atoms with van der Waals surface area (Å²) in [6.45, 7) is 3.40. The van der Waals surface area contributed by atoms with Gasteiger partial charge in [-0.05, 0) is 55.5 Å². The maximum atomic E-state index is 13.4. The molecule has 0 unspecified atom stereocenters. The highest BCUT2D eigenvalue weighted by Crippen LogP contribution is 2.35. The van der Waals surface area contributed by atoms with Gasteiger partial charge < -0.3 is 14.5 Å². The van der Waals surface area contributed by atoms with E-state index in [-0.39, 0.29) is 24.3 Å². The van der Waals surface area contributed by atoms with Crippen LogP contribution in [-0.4, -0.2) is 60.8 Å². The maximum Gasteiger partial charge on any atom is 0.263 e. The van der Waals surface area contributed by atoms with Crippen LogP contribution in [-0.2, 0) is 11.3 Å². The summed E-state index contributed by atoms with van der Waals surface area (Å²) in [5, 5.41) is 0. The van der Waals surface area contributed by atoms with Gasteiger partial charge in [-0.15, -0.1) is 0 Å². The third-order valence-corrected chi connectivity index (χ3v) is 7.58. The van der Waals surface area contributed by atoms with Gasteiger partial charge in [-0.2, -0.15) is 0 Å². The third kappa shape index (κ3) is 4.64. The zero-order valence-corrected chi connectivity index (χ0v) is 20.4. The highest BCUT2D eigenvalue weighted by Gasteiger charge is 2.39. The summed E-state index contributed by atoms with van der Waals surface area (Å²) in [5.74, 6) is 0.566. The largest absolute Gasteiger partial charge is 0.497 e. The number of carbonyl (C=O) groups is 3. The molecule has 0 atom stereocenters. The number of amides is 3. The molecule has 7 nitrogen and oxygen atoms in total. The van der Waals surface area contributed by atoms with Gasteiger partial charge in [0.2, 0.25) is 5.91 Å². The molecule has 3 amide bonds. The van der Waals surface area contributed by atoms with E-state index < -0.39 is 0 Å². The number of benzene rings is 2. The molecule has 0 aromatic heterocycles. The summed E-state index contributed by atoms with van der Waals surface area (Å²) in [6.07, 6.45) is 6.17. The molecule has 0 spiro atoms. The lowest BCUT2D eigenvalue weighted by Crippen LogP contribution is -2.43. The molecule has 3 aliphatic heterocycles. The first-order valence-corrected chi connectivity index (χ1v) is 12.7. The van der Waals surface area contributed by atoms with Crippen LogP contribution in [0.3, 0.4) is 0 Å². The van der Waals surface area contributed by atoms with Crippen LogP contribution in [0.1, 0.15) is 64.8 Å². The van der Waals surface area contributed by atoms with E-state index in [1.165, 1.54) is 17.7 Å². The Labute approximate surface area is 206 Å². The van der Waals surface area contributed by atoms with E-state index in [4.69, 9.17) is 4.74 Å². The number of ether oxygens (including phenoxy) is 1. The number of rotatable bonds is 5. The monoisotopic (exact) mass is 475 g/mol. The number of carbonyl (C=O) groups excluding carboxylic acids is 3. The number of methoxy groups -OCH3 is 1. The second-order valence-corrected chi connectivity index (χ2v) is 9.75. The molecule has 2 saturated heterocycles. The number of nitrogens with zero attached hydrogens (tertiary/aromatic N) is 3. The summed E-state index contributed by atoms with van der Waals surface area (Å²) in [5.41, 5.74) is 2.63. The minimum atomic E-state index is -0.256. The first-order chi connectivity index (χ1) is 17.1. The van der Waals surface area contributed by atoms with Crippen LogP contribution in [0.4, 0.5) is 5.69 Å². The Morgan fingerprint density at radius 2 is 1.57 bits per heavy atom. The topological polar surface area (TPSA) is 70.2 Å². The second kappa shape index (κ2) is 10.1. The number of fused-ring (bicyclic) bond motifs is 1. The number of likely N-dealkylation sites (tertiary alicyclic amines) is 1. The van der Waals surface area contributed by atoms with Crippen LogP contribution in [0.15, 0.2) is 42.5 Å². The summed E-state index contributed by atoms with van der Waals surface area (Å²) in [7, 11) is 1.61. The van der Waals surface area contributed by atoms with Gasteiger partial charge >= 0.3 is 0 Å². The molecule has 184 valence electrons. The average molecular weight is 476 g/mol. The fraction of sp³-hybridized carbons (Fsp3) is 0.464. The summed E-state index contributed by atoms with van der Waals surface area (Å²) in [6, 6.07) is 12.9. The molecule has 0 bridgehead atoms. The lowest BCUT2D eigenvalue weighted by atomic mass is 9.94. The van der Waals surface area contributed by atoms with Gasteiger partial charge in [0.1, 0.15) is 5.75 Å². The summed E-state index contributed by atoms with van der Waals surface area (Å²) >= 11 is 0. The molecule has 5 rings (SSSR count). The van der Waals surface area contributed by atoms with E-state index in [9.17, 15) is 14.4 Å². The number of piperidine rings is 1. The van der Waals surface area contributed by atoms with Crippen molar-refractivity contribution in [2.24, 2.45) is 5.92 Å². The Bertz CT molecular complexity index is 1100. The van der Waals surface area contributed by atoms with Crippen LogP contribution in [0.2, 0.25) is 0 Å². The fourth-order valence-electron chi connectivity index (χ4n) is 5.55. The fourth-order valence-corrected chi connectivity index (χ4v) is 5.55. The molecule has 3 heterocycles. The van der Waals surface area contributed by atoms with Gasteiger partial charge in [-0.3, -0.25) is 19.3 Å². The number of anilines is 1. The van der Waals surface area contributed by atoms with Gasteiger partial charge in [-0.25, -0.2) is 0 Å². The van der Waals surface area contributed by atoms with Crippen LogP contribution >= 0.6 is 0 Å². The first-order valence-electron chi connectivity index (χ1n) is 12.7. The Morgan fingerprint density at radius 1 is 0.886 bits per heavy atom. The van der Waals surface area contributed by atoms with Crippen molar-refractivity contribution in [1.82, 2.24) is 9.80 Å². The quantitative estimate of drug-likeness (QED) is 0.609. The maximum absolute atomic E-state index is 13.4. The molecule has 0 radical (unpaired) electrons. The van der Waals surface area contributed by atoms with E-state index >= 15 is 0 Å². The molecule has 3 aliphatic rings. The highest BCUT2D eigenvalue weighted by molar-refractivity contribution is 6.23. The Kier molecular flexibility index (Phi) is 6.75. The molecule has 2 fully saturated rings.